The molecule has 0 spiro atoms. The van der Waals surface area contributed by atoms with Crippen molar-refractivity contribution in [1.29, 1.82) is 0 Å². The SMILES string of the molecule is Cc1c(N)ncnc1N(C)CC1CCOCC1. The average Bonchev–Trinajstić information content (AvgIpc) is 2.34. The van der Waals surface area contributed by atoms with Gasteiger partial charge in [-0.1, -0.05) is 0 Å². The Bertz CT molecular complexity index is 377. The van der Waals surface area contributed by atoms with Crippen LogP contribution in [-0.2, 0) is 4.74 Å². The van der Waals surface area contributed by atoms with E-state index in [0.29, 0.717) is 11.7 Å². The Morgan fingerprint density at radius 3 is 2.82 bits per heavy atom. The first-order valence-electron chi connectivity index (χ1n) is 6.04. The largest absolute Gasteiger partial charge is 0.383 e. The topological polar surface area (TPSA) is 64.3 Å². The summed E-state index contributed by atoms with van der Waals surface area (Å²) in [5.41, 5.74) is 6.75. The van der Waals surface area contributed by atoms with Crippen LogP contribution in [0.1, 0.15) is 18.4 Å². The molecule has 1 aliphatic heterocycles. The van der Waals surface area contributed by atoms with Crippen molar-refractivity contribution in [1.82, 2.24) is 9.97 Å². The fraction of sp³-hybridized carbons (Fsp3) is 0.667. The summed E-state index contributed by atoms with van der Waals surface area (Å²) in [4.78, 5) is 10.5. The van der Waals surface area contributed by atoms with E-state index in [-0.39, 0.29) is 0 Å². The Labute approximate surface area is 102 Å². The molecule has 2 heterocycles. The zero-order chi connectivity index (χ0) is 12.3. The van der Waals surface area contributed by atoms with E-state index in [4.69, 9.17) is 10.5 Å². The summed E-state index contributed by atoms with van der Waals surface area (Å²) in [6, 6.07) is 0. The summed E-state index contributed by atoms with van der Waals surface area (Å²) in [7, 11) is 2.06. The molecule has 0 radical (unpaired) electrons. The first-order chi connectivity index (χ1) is 8.18. The fourth-order valence-corrected chi connectivity index (χ4v) is 2.24. The number of hydrogen-bond acceptors (Lipinski definition) is 5. The summed E-state index contributed by atoms with van der Waals surface area (Å²) in [6.07, 6.45) is 3.78. The van der Waals surface area contributed by atoms with Gasteiger partial charge in [0.2, 0.25) is 0 Å². The number of anilines is 2. The zero-order valence-corrected chi connectivity index (χ0v) is 10.5. The number of ether oxygens (including phenoxy) is 1. The van der Waals surface area contributed by atoms with E-state index in [1.165, 1.54) is 6.33 Å². The number of hydrogen-bond donors (Lipinski definition) is 1. The summed E-state index contributed by atoms with van der Waals surface area (Å²) < 4.78 is 5.37. The Kier molecular flexibility index (Phi) is 3.78. The third kappa shape index (κ3) is 2.85. The second-order valence-corrected chi connectivity index (χ2v) is 4.64. The highest BCUT2D eigenvalue weighted by Crippen LogP contribution is 2.22. The number of nitrogens with two attached hydrogens (primary N) is 1. The number of nitrogens with zero attached hydrogens (tertiary/aromatic N) is 3. The van der Waals surface area contributed by atoms with Crippen molar-refractivity contribution in [3.63, 3.8) is 0 Å². The van der Waals surface area contributed by atoms with E-state index in [1.54, 1.807) is 0 Å². The van der Waals surface area contributed by atoms with Gasteiger partial charge in [0.1, 0.15) is 18.0 Å². The van der Waals surface area contributed by atoms with E-state index >= 15 is 0 Å². The Hall–Kier alpha value is -1.36. The first-order valence-corrected chi connectivity index (χ1v) is 6.04. The average molecular weight is 236 g/mol. The molecule has 1 aromatic heterocycles. The minimum atomic E-state index is 0.564. The standard InChI is InChI=1S/C12H20N4O/c1-9-11(13)14-8-15-12(9)16(2)7-10-3-5-17-6-4-10/h8,10H,3-7H2,1-2H3,(H2,13,14,15). The van der Waals surface area contributed by atoms with Gasteiger partial charge in [-0.3, -0.25) is 0 Å². The minimum Gasteiger partial charge on any atom is -0.383 e. The van der Waals surface area contributed by atoms with Crippen molar-refractivity contribution in [2.45, 2.75) is 19.8 Å². The molecular formula is C12H20N4O. The van der Waals surface area contributed by atoms with Crippen molar-refractivity contribution in [3.05, 3.63) is 11.9 Å². The van der Waals surface area contributed by atoms with Gasteiger partial charge in [0, 0.05) is 32.4 Å². The maximum atomic E-state index is 5.79. The van der Waals surface area contributed by atoms with Crippen LogP contribution in [0.3, 0.4) is 0 Å². The van der Waals surface area contributed by atoms with Crippen molar-refractivity contribution < 1.29 is 4.74 Å². The maximum Gasteiger partial charge on any atom is 0.136 e. The van der Waals surface area contributed by atoms with E-state index in [1.807, 2.05) is 6.92 Å². The molecular weight excluding hydrogens is 216 g/mol. The van der Waals surface area contributed by atoms with E-state index < -0.39 is 0 Å². The number of nitrogen functional groups attached to an aromatic ring is 1. The molecule has 1 aromatic rings. The fourth-order valence-electron chi connectivity index (χ4n) is 2.24. The lowest BCUT2D eigenvalue weighted by molar-refractivity contribution is 0.0685. The molecule has 0 amide bonds. The molecule has 0 bridgehead atoms. The molecule has 2 N–H and O–H groups in total. The summed E-state index contributed by atoms with van der Waals surface area (Å²) in [5, 5.41) is 0. The summed E-state index contributed by atoms with van der Waals surface area (Å²) in [5.74, 6) is 2.18. The van der Waals surface area contributed by atoms with E-state index in [0.717, 1.165) is 44.0 Å². The highest BCUT2D eigenvalue weighted by molar-refractivity contribution is 5.55. The van der Waals surface area contributed by atoms with Gasteiger partial charge in [0.15, 0.2) is 0 Å². The lowest BCUT2D eigenvalue weighted by Gasteiger charge is -2.28. The van der Waals surface area contributed by atoms with Crippen LogP contribution in [0.25, 0.3) is 0 Å². The third-order valence-electron chi connectivity index (χ3n) is 3.33. The van der Waals surface area contributed by atoms with Gasteiger partial charge in [-0.15, -0.1) is 0 Å². The van der Waals surface area contributed by atoms with Gasteiger partial charge < -0.3 is 15.4 Å². The monoisotopic (exact) mass is 236 g/mol. The lowest BCUT2D eigenvalue weighted by atomic mass is 10.00. The molecule has 0 aromatic carbocycles. The van der Waals surface area contributed by atoms with E-state index in [2.05, 4.69) is 21.9 Å². The predicted octanol–water partition coefficient (Wildman–Crippen LogP) is 1.23. The Balaban J connectivity index is 2.03. The van der Waals surface area contributed by atoms with Crippen LogP contribution in [0.4, 0.5) is 11.6 Å². The van der Waals surface area contributed by atoms with Crippen LogP contribution in [0.2, 0.25) is 0 Å². The smallest absolute Gasteiger partial charge is 0.136 e. The molecule has 2 rings (SSSR count). The van der Waals surface area contributed by atoms with Crippen molar-refractivity contribution in [2.75, 3.05) is 37.4 Å². The summed E-state index contributed by atoms with van der Waals surface area (Å²) in [6.45, 7) is 4.72. The van der Waals surface area contributed by atoms with Crippen LogP contribution in [0, 0.1) is 12.8 Å². The minimum absolute atomic E-state index is 0.564. The third-order valence-corrected chi connectivity index (χ3v) is 3.33. The summed E-state index contributed by atoms with van der Waals surface area (Å²) >= 11 is 0. The maximum absolute atomic E-state index is 5.79. The lowest BCUT2D eigenvalue weighted by Crippen LogP contribution is -2.30. The molecule has 94 valence electrons. The first kappa shape index (κ1) is 12.1. The van der Waals surface area contributed by atoms with Gasteiger partial charge in [-0.05, 0) is 25.7 Å². The quantitative estimate of drug-likeness (QED) is 0.855. The highest BCUT2D eigenvalue weighted by Gasteiger charge is 2.18. The second-order valence-electron chi connectivity index (χ2n) is 4.64. The molecule has 5 nitrogen and oxygen atoms in total. The van der Waals surface area contributed by atoms with Crippen molar-refractivity contribution >= 4 is 11.6 Å². The Morgan fingerprint density at radius 2 is 2.12 bits per heavy atom. The molecule has 17 heavy (non-hydrogen) atoms. The van der Waals surface area contributed by atoms with Gasteiger partial charge in [-0.25, -0.2) is 9.97 Å². The molecule has 1 aliphatic rings. The predicted molar refractivity (Wildman–Crippen MR) is 68.0 cm³/mol. The molecule has 0 aliphatic carbocycles. The number of rotatable bonds is 3. The highest BCUT2D eigenvalue weighted by atomic mass is 16.5. The van der Waals surface area contributed by atoms with Gasteiger partial charge in [-0.2, -0.15) is 0 Å². The second kappa shape index (κ2) is 5.31. The van der Waals surface area contributed by atoms with Crippen LogP contribution >= 0.6 is 0 Å². The van der Waals surface area contributed by atoms with Crippen LogP contribution in [0.5, 0.6) is 0 Å². The molecule has 1 saturated heterocycles. The van der Waals surface area contributed by atoms with Crippen LogP contribution in [0.15, 0.2) is 6.33 Å². The van der Waals surface area contributed by atoms with Crippen LogP contribution in [-0.4, -0.2) is 36.8 Å². The normalized spacial score (nSPS) is 17.1. The van der Waals surface area contributed by atoms with Crippen molar-refractivity contribution in [2.24, 2.45) is 5.92 Å². The molecule has 0 atom stereocenters. The van der Waals surface area contributed by atoms with Gasteiger partial charge >= 0.3 is 0 Å². The molecule has 5 heteroatoms. The molecule has 0 unspecified atom stereocenters. The van der Waals surface area contributed by atoms with Gasteiger partial charge in [0.25, 0.3) is 0 Å². The van der Waals surface area contributed by atoms with Crippen LogP contribution < -0.4 is 10.6 Å². The Morgan fingerprint density at radius 1 is 1.41 bits per heavy atom. The van der Waals surface area contributed by atoms with E-state index in [9.17, 15) is 0 Å². The van der Waals surface area contributed by atoms with Gasteiger partial charge in [0.05, 0.1) is 0 Å². The van der Waals surface area contributed by atoms with Crippen molar-refractivity contribution in [3.8, 4) is 0 Å². The zero-order valence-electron chi connectivity index (χ0n) is 10.5. The molecule has 1 fully saturated rings. The molecule has 0 saturated carbocycles. The number of aromatic nitrogens is 2.